The molecule has 0 spiro atoms. The molecule has 3 aromatic carbocycles. The van der Waals surface area contributed by atoms with Crippen LogP contribution in [-0.4, -0.2) is 73.9 Å². The van der Waals surface area contributed by atoms with Gasteiger partial charge in [0, 0.05) is 50.1 Å². The molecule has 5 rings (SSSR count). The van der Waals surface area contributed by atoms with Gasteiger partial charge in [0.25, 0.3) is 0 Å². The number of phenolic OH excluding ortho intramolecular Hbond substituents is 1. The zero-order valence-corrected chi connectivity index (χ0v) is 29.6. The minimum absolute atomic E-state index is 0.137. The van der Waals surface area contributed by atoms with Crippen LogP contribution >= 0.6 is 0 Å². The largest absolute Gasteiger partial charge is 0.507 e. The van der Waals surface area contributed by atoms with Gasteiger partial charge < -0.3 is 20.1 Å². The lowest BCUT2D eigenvalue weighted by Crippen LogP contribution is -2.57. The molecule has 50 heavy (non-hydrogen) atoms. The van der Waals surface area contributed by atoms with Crippen LogP contribution in [0, 0.1) is 18.8 Å². The molecule has 3 amide bonds. The Morgan fingerprint density at radius 1 is 1.04 bits per heavy atom. The number of nitrogens with one attached hydrogen (secondary N) is 1. The van der Waals surface area contributed by atoms with E-state index in [2.05, 4.69) is 22.3 Å². The Kier molecular flexibility index (Phi) is 11.0. The minimum atomic E-state index is -0.853. The van der Waals surface area contributed by atoms with E-state index >= 15 is 0 Å². The summed E-state index contributed by atoms with van der Waals surface area (Å²) in [6, 6.07) is 20.5. The highest BCUT2D eigenvalue weighted by Crippen LogP contribution is 2.31. The molecule has 0 radical (unpaired) electrons. The number of phenols is 1. The Balaban J connectivity index is 1.31. The molecule has 4 aromatic rings. The molecule has 10 nitrogen and oxygen atoms in total. The second-order valence-electron chi connectivity index (χ2n) is 13.7. The van der Waals surface area contributed by atoms with E-state index in [0.717, 1.165) is 29.5 Å². The average Bonchev–Trinajstić information content (AvgIpc) is 3.46. The molecule has 1 aliphatic rings. The zero-order chi connectivity index (χ0) is 36.0. The van der Waals surface area contributed by atoms with E-state index in [4.69, 9.17) is 4.74 Å². The Morgan fingerprint density at radius 2 is 1.76 bits per heavy atom. The molecule has 0 bridgehead atoms. The maximum Gasteiger partial charge on any atom is 0.410 e. The zero-order valence-electron chi connectivity index (χ0n) is 29.6. The molecule has 0 aliphatic carbocycles. The van der Waals surface area contributed by atoms with Crippen LogP contribution in [0.5, 0.6) is 5.75 Å². The molecule has 1 saturated heterocycles. The second-order valence-corrected chi connectivity index (χ2v) is 13.7. The standard InChI is InChI=1S/C40H45N5O5/c1-27-15-22-35(46)32(24-27)36-30(26-43(5)42-36)19-16-28-17-20-31(21-18-28)41-37(47)33-14-10-11-23-45(33)38(48)34(25-29-12-8-7-9-13-29)44(6)39(49)50-40(2,3)4/h7-9,12-13,15,17-18,20-22,24,26,33-34,46H,10-11,14,23,25H2,1-6H3,(H,41,47)/t33?,34-/m0/s1. The number of aryl methyl sites for hydroxylation is 2. The molecular formula is C40H45N5O5. The average molecular weight is 676 g/mol. The fourth-order valence-electron chi connectivity index (χ4n) is 5.97. The van der Waals surface area contributed by atoms with E-state index in [1.165, 1.54) is 4.90 Å². The van der Waals surface area contributed by atoms with Crippen LogP contribution in [0.2, 0.25) is 0 Å². The van der Waals surface area contributed by atoms with Gasteiger partial charge in [-0.25, -0.2) is 4.79 Å². The highest BCUT2D eigenvalue weighted by molar-refractivity contribution is 5.98. The quantitative estimate of drug-likeness (QED) is 0.222. The van der Waals surface area contributed by atoms with Crippen LogP contribution in [0.4, 0.5) is 10.5 Å². The summed E-state index contributed by atoms with van der Waals surface area (Å²) in [4.78, 5) is 44.0. The minimum Gasteiger partial charge on any atom is -0.507 e. The molecule has 2 heterocycles. The normalized spacial score (nSPS) is 15.0. The van der Waals surface area contributed by atoms with Gasteiger partial charge in [0.1, 0.15) is 29.1 Å². The van der Waals surface area contributed by atoms with E-state index in [0.29, 0.717) is 35.5 Å². The van der Waals surface area contributed by atoms with Crippen molar-refractivity contribution < 1.29 is 24.2 Å². The number of aromatic hydroxyl groups is 1. The number of amides is 3. The number of nitrogens with zero attached hydrogens (tertiary/aromatic N) is 4. The summed E-state index contributed by atoms with van der Waals surface area (Å²) in [6.45, 7) is 7.72. The first-order chi connectivity index (χ1) is 23.8. The molecule has 1 unspecified atom stereocenters. The summed E-state index contributed by atoms with van der Waals surface area (Å²) < 4.78 is 7.28. The maximum absolute atomic E-state index is 14.2. The van der Waals surface area contributed by atoms with E-state index in [9.17, 15) is 19.5 Å². The number of rotatable bonds is 7. The molecule has 2 N–H and O–H groups in total. The molecular weight excluding hydrogens is 630 g/mol. The van der Waals surface area contributed by atoms with Crippen molar-refractivity contribution in [1.82, 2.24) is 19.6 Å². The summed E-state index contributed by atoms with van der Waals surface area (Å²) >= 11 is 0. The fourth-order valence-corrected chi connectivity index (χ4v) is 5.97. The van der Waals surface area contributed by atoms with Crippen molar-refractivity contribution in [3.8, 4) is 28.8 Å². The number of anilines is 1. The van der Waals surface area contributed by atoms with Crippen molar-refractivity contribution in [3.05, 3.63) is 101 Å². The van der Waals surface area contributed by atoms with Crippen molar-refractivity contribution >= 4 is 23.6 Å². The van der Waals surface area contributed by atoms with Gasteiger partial charge in [0.15, 0.2) is 0 Å². The van der Waals surface area contributed by atoms with Crippen molar-refractivity contribution in [3.63, 3.8) is 0 Å². The molecule has 260 valence electrons. The van der Waals surface area contributed by atoms with Gasteiger partial charge in [-0.15, -0.1) is 0 Å². The van der Waals surface area contributed by atoms with Crippen LogP contribution in [0.15, 0.2) is 79.0 Å². The maximum atomic E-state index is 14.2. The lowest BCUT2D eigenvalue weighted by molar-refractivity contribution is -0.144. The van der Waals surface area contributed by atoms with Crippen LogP contribution in [0.3, 0.4) is 0 Å². The summed E-state index contributed by atoms with van der Waals surface area (Å²) in [7, 11) is 3.38. The fraction of sp³-hybridized carbons (Fsp3) is 0.350. The van der Waals surface area contributed by atoms with E-state index in [1.807, 2.05) is 74.8 Å². The Morgan fingerprint density at radius 3 is 2.46 bits per heavy atom. The molecule has 0 saturated carbocycles. The molecule has 10 heteroatoms. The number of carbonyl (C=O) groups excluding carboxylic acids is 3. The van der Waals surface area contributed by atoms with Crippen LogP contribution in [0.25, 0.3) is 11.3 Å². The smallest absolute Gasteiger partial charge is 0.410 e. The van der Waals surface area contributed by atoms with Crippen molar-refractivity contribution in [2.24, 2.45) is 7.05 Å². The Hall–Kier alpha value is -5.56. The summed E-state index contributed by atoms with van der Waals surface area (Å²) in [5.41, 5.74) is 4.37. The van der Waals surface area contributed by atoms with E-state index in [1.54, 1.807) is 55.6 Å². The number of aromatic nitrogens is 2. The second kappa shape index (κ2) is 15.3. The summed E-state index contributed by atoms with van der Waals surface area (Å²) in [5, 5.41) is 18.0. The van der Waals surface area contributed by atoms with Gasteiger partial charge in [-0.2, -0.15) is 5.10 Å². The SMILES string of the molecule is Cc1ccc(O)c(-c2nn(C)cc2C#Cc2ccc(NC(=O)C3CCCCN3C(=O)[C@H](Cc3ccccc3)N(C)C(=O)OC(C)(C)C)cc2)c1. The number of hydrogen-bond donors (Lipinski definition) is 2. The van der Waals surface area contributed by atoms with Gasteiger partial charge in [-0.1, -0.05) is 53.8 Å². The Labute approximate surface area is 294 Å². The lowest BCUT2D eigenvalue weighted by Gasteiger charge is -2.39. The first-order valence-corrected chi connectivity index (χ1v) is 16.9. The molecule has 1 aromatic heterocycles. The van der Waals surface area contributed by atoms with E-state index in [-0.39, 0.29) is 24.0 Å². The Bertz CT molecular complexity index is 1900. The first kappa shape index (κ1) is 35.7. The van der Waals surface area contributed by atoms with Gasteiger partial charge in [-0.3, -0.25) is 19.2 Å². The topological polar surface area (TPSA) is 117 Å². The van der Waals surface area contributed by atoms with Crippen LogP contribution in [-0.2, 0) is 27.8 Å². The summed E-state index contributed by atoms with van der Waals surface area (Å²) in [5.74, 6) is 5.89. The highest BCUT2D eigenvalue weighted by atomic mass is 16.6. The number of likely N-dealkylation sites (tertiary alicyclic amines) is 1. The number of piperidine rings is 1. The summed E-state index contributed by atoms with van der Waals surface area (Å²) in [6.07, 6.45) is 3.58. The van der Waals surface area contributed by atoms with Crippen LogP contribution in [0.1, 0.15) is 62.3 Å². The first-order valence-electron chi connectivity index (χ1n) is 16.9. The predicted octanol–water partition coefficient (Wildman–Crippen LogP) is 6.30. The van der Waals surface area contributed by atoms with E-state index < -0.39 is 23.8 Å². The third kappa shape index (κ3) is 8.91. The lowest BCUT2D eigenvalue weighted by atomic mass is 9.97. The van der Waals surface area contributed by atoms with Crippen molar-refractivity contribution in [1.29, 1.82) is 0 Å². The highest BCUT2D eigenvalue weighted by Gasteiger charge is 2.39. The number of ether oxygens (including phenoxy) is 1. The monoisotopic (exact) mass is 675 g/mol. The van der Waals surface area contributed by atoms with Crippen LogP contribution < -0.4 is 5.32 Å². The third-order valence-electron chi connectivity index (χ3n) is 8.52. The van der Waals surface area contributed by atoms with Crippen molar-refractivity contribution in [2.45, 2.75) is 71.1 Å². The third-order valence-corrected chi connectivity index (χ3v) is 8.52. The molecule has 2 atom stereocenters. The number of hydrogen-bond acceptors (Lipinski definition) is 6. The molecule has 1 fully saturated rings. The number of benzene rings is 3. The van der Waals surface area contributed by atoms with Gasteiger partial charge in [0.2, 0.25) is 11.8 Å². The van der Waals surface area contributed by atoms with Gasteiger partial charge in [0.05, 0.1) is 5.56 Å². The van der Waals surface area contributed by atoms with Crippen molar-refractivity contribution in [2.75, 3.05) is 18.9 Å². The predicted molar refractivity (Wildman–Crippen MR) is 193 cm³/mol. The van der Waals surface area contributed by atoms with Gasteiger partial charge >= 0.3 is 6.09 Å². The molecule has 1 aliphatic heterocycles. The number of carbonyl (C=O) groups is 3. The number of likely N-dealkylation sites (N-methyl/N-ethyl adjacent to an activating group) is 1. The van der Waals surface area contributed by atoms with Gasteiger partial charge in [-0.05, 0) is 88.9 Å².